The Morgan fingerprint density at radius 1 is 1.07 bits per heavy atom. The van der Waals surface area contributed by atoms with Crippen LogP contribution >= 0.6 is 11.3 Å². The van der Waals surface area contributed by atoms with E-state index in [9.17, 15) is 22.8 Å². The highest BCUT2D eigenvalue weighted by molar-refractivity contribution is 7.90. The molecule has 0 unspecified atom stereocenters. The van der Waals surface area contributed by atoms with Crippen LogP contribution < -0.4 is 10.0 Å². The fraction of sp³-hybridized carbons (Fsp3) is 0.611. The molecular weight excluding hydrogens is 420 g/mol. The number of thiophene rings is 1. The third-order valence-corrected chi connectivity index (χ3v) is 7.72. The standard InChI is InChI=1S/C18H26N2O7S2/c1-10(2)29(24,25)20-12-7-5-11(6-8-12)16(21)19-13-9-28-15(18(23)27-4)14(13)17(22)26-3/h9-12,20H,5-8H2,1-4H3,(H,19,21). The number of rotatable bonds is 7. The third kappa shape index (κ3) is 5.55. The Bertz CT molecular complexity index is 869. The molecule has 0 atom stereocenters. The monoisotopic (exact) mass is 446 g/mol. The van der Waals surface area contributed by atoms with E-state index in [2.05, 4.69) is 14.8 Å². The van der Waals surface area contributed by atoms with Crippen molar-refractivity contribution in [2.24, 2.45) is 5.92 Å². The minimum atomic E-state index is -3.35. The van der Waals surface area contributed by atoms with Crippen LogP contribution in [0.25, 0.3) is 0 Å². The van der Waals surface area contributed by atoms with Crippen molar-refractivity contribution in [3.05, 3.63) is 15.8 Å². The zero-order valence-electron chi connectivity index (χ0n) is 16.8. The zero-order chi connectivity index (χ0) is 21.8. The lowest BCUT2D eigenvalue weighted by Crippen LogP contribution is -2.42. The summed E-state index contributed by atoms with van der Waals surface area (Å²) in [5.74, 6) is -2.03. The molecule has 0 spiro atoms. The summed E-state index contributed by atoms with van der Waals surface area (Å²) in [7, 11) is -0.966. The highest BCUT2D eigenvalue weighted by Gasteiger charge is 2.31. The van der Waals surface area contributed by atoms with Crippen LogP contribution in [0.5, 0.6) is 0 Å². The van der Waals surface area contributed by atoms with Gasteiger partial charge in [-0.2, -0.15) is 0 Å². The van der Waals surface area contributed by atoms with Crippen LogP contribution in [0.1, 0.15) is 59.6 Å². The molecule has 1 amide bonds. The van der Waals surface area contributed by atoms with Crippen molar-refractivity contribution in [3.8, 4) is 0 Å². The summed E-state index contributed by atoms with van der Waals surface area (Å²) in [5.41, 5.74) is 0.172. The lowest BCUT2D eigenvalue weighted by molar-refractivity contribution is -0.120. The van der Waals surface area contributed by atoms with Crippen LogP contribution in [0, 0.1) is 5.92 Å². The maximum absolute atomic E-state index is 12.7. The van der Waals surface area contributed by atoms with Crippen LogP contribution in [-0.4, -0.2) is 51.8 Å². The molecule has 1 fully saturated rings. The first-order chi connectivity index (χ1) is 13.6. The Kier molecular flexibility index (Phi) is 7.78. The number of ether oxygens (including phenoxy) is 2. The van der Waals surface area contributed by atoms with Gasteiger partial charge in [-0.3, -0.25) is 4.79 Å². The molecule has 1 aromatic rings. The van der Waals surface area contributed by atoms with Gasteiger partial charge in [-0.15, -0.1) is 11.3 Å². The maximum atomic E-state index is 12.7. The first kappa shape index (κ1) is 23.3. The molecule has 0 bridgehead atoms. The average molecular weight is 447 g/mol. The van der Waals surface area contributed by atoms with Crippen molar-refractivity contribution in [3.63, 3.8) is 0 Å². The second-order valence-electron chi connectivity index (χ2n) is 7.09. The third-order valence-electron chi connectivity index (χ3n) is 4.86. The molecule has 1 aliphatic rings. The van der Waals surface area contributed by atoms with E-state index < -0.39 is 27.2 Å². The molecule has 29 heavy (non-hydrogen) atoms. The van der Waals surface area contributed by atoms with E-state index in [1.54, 1.807) is 13.8 Å². The van der Waals surface area contributed by atoms with E-state index in [4.69, 9.17) is 4.74 Å². The topological polar surface area (TPSA) is 128 Å². The molecular formula is C18H26N2O7S2. The van der Waals surface area contributed by atoms with Crippen LogP contribution in [0.4, 0.5) is 5.69 Å². The number of amides is 1. The normalized spacial score (nSPS) is 19.6. The van der Waals surface area contributed by atoms with E-state index in [-0.39, 0.29) is 34.0 Å². The van der Waals surface area contributed by atoms with Gasteiger partial charge in [0.25, 0.3) is 0 Å². The Balaban J connectivity index is 2.04. The lowest BCUT2D eigenvalue weighted by Gasteiger charge is -2.28. The molecule has 1 heterocycles. The summed E-state index contributed by atoms with van der Waals surface area (Å²) < 4.78 is 36.1. The number of methoxy groups -OCH3 is 2. The summed E-state index contributed by atoms with van der Waals surface area (Å²) in [6.45, 7) is 3.23. The highest BCUT2D eigenvalue weighted by atomic mass is 32.2. The number of sulfonamides is 1. The van der Waals surface area contributed by atoms with E-state index >= 15 is 0 Å². The fourth-order valence-corrected chi connectivity index (χ4v) is 4.95. The lowest BCUT2D eigenvalue weighted by atomic mass is 9.86. The minimum absolute atomic E-state index is 0.0314. The second-order valence-corrected chi connectivity index (χ2v) is 10.2. The van der Waals surface area contributed by atoms with Gasteiger partial charge in [-0.1, -0.05) is 0 Å². The smallest absolute Gasteiger partial charge is 0.349 e. The van der Waals surface area contributed by atoms with Gasteiger partial charge in [0.2, 0.25) is 15.9 Å². The molecule has 1 aliphatic carbocycles. The SMILES string of the molecule is COC(=O)c1scc(NC(=O)C2CCC(NS(=O)(=O)C(C)C)CC2)c1C(=O)OC. The maximum Gasteiger partial charge on any atom is 0.349 e. The molecule has 2 rings (SSSR count). The molecule has 11 heteroatoms. The van der Waals surface area contributed by atoms with Gasteiger partial charge in [0.1, 0.15) is 10.4 Å². The summed E-state index contributed by atoms with van der Waals surface area (Å²) in [6, 6.07) is -0.191. The van der Waals surface area contributed by atoms with Gasteiger partial charge < -0.3 is 14.8 Å². The Hall–Kier alpha value is -1.98. The van der Waals surface area contributed by atoms with E-state index in [0.29, 0.717) is 25.7 Å². The van der Waals surface area contributed by atoms with E-state index in [0.717, 1.165) is 11.3 Å². The van der Waals surface area contributed by atoms with Crippen molar-refractivity contribution < 1.29 is 32.3 Å². The van der Waals surface area contributed by atoms with Crippen LogP contribution in [0.3, 0.4) is 0 Å². The van der Waals surface area contributed by atoms with Gasteiger partial charge in [0, 0.05) is 17.3 Å². The Labute approximate surface area is 174 Å². The Morgan fingerprint density at radius 3 is 2.17 bits per heavy atom. The highest BCUT2D eigenvalue weighted by Crippen LogP contribution is 2.31. The summed E-state index contributed by atoms with van der Waals surface area (Å²) in [6.07, 6.45) is 2.12. The van der Waals surface area contributed by atoms with Crippen molar-refractivity contribution in [2.75, 3.05) is 19.5 Å². The van der Waals surface area contributed by atoms with Crippen molar-refractivity contribution in [1.29, 1.82) is 0 Å². The number of hydrogen-bond donors (Lipinski definition) is 2. The van der Waals surface area contributed by atoms with Gasteiger partial charge in [0.15, 0.2) is 0 Å². The molecule has 9 nitrogen and oxygen atoms in total. The summed E-state index contributed by atoms with van der Waals surface area (Å²) >= 11 is 0.984. The number of carbonyl (C=O) groups is 3. The predicted molar refractivity (Wildman–Crippen MR) is 109 cm³/mol. The molecule has 0 aromatic carbocycles. The first-order valence-electron chi connectivity index (χ1n) is 9.20. The average Bonchev–Trinajstić information content (AvgIpc) is 3.10. The van der Waals surface area contributed by atoms with Crippen LogP contribution in [0.2, 0.25) is 0 Å². The summed E-state index contributed by atoms with van der Waals surface area (Å²) in [4.78, 5) is 36.7. The molecule has 0 radical (unpaired) electrons. The number of esters is 2. The largest absolute Gasteiger partial charge is 0.465 e. The van der Waals surface area contributed by atoms with Crippen LogP contribution in [-0.2, 0) is 24.3 Å². The van der Waals surface area contributed by atoms with E-state index in [1.165, 1.54) is 19.6 Å². The first-order valence-corrected chi connectivity index (χ1v) is 11.6. The number of anilines is 1. The quantitative estimate of drug-likeness (QED) is 0.614. The number of carbonyl (C=O) groups excluding carboxylic acids is 3. The molecule has 1 saturated carbocycles. The summed E-state index contributed by atoms with van der Waals surface area (Å²) in [5, 5.41) is 3.69. The van der Waals surface area contributed by atoms with Crippen molar-refractivity contribution >= 4 is 44.9 Å². The van der Waals surface area contributed by atoms with Gasteiger partial charge in [-0.25, -0.2) is 22.7 Å². The van der Waals surface area contributed by atoms with Crippen LogP contribution in [0.15, 0.2) is 5.38 Å². The molecule has 0 saturated heterocycles. The molecule has 0 aliphatic heterocycles. The van der Waals surface area contributed by atoms with Crippen molar-refractivity contribution in [2.45, 2.75) is 50.8 Å². The molecule has 1 aromatic heterocycles. The molecule has 2 N–H and O–H groups in total. The van der Waals surface area contributed by atoms with Gasteiger partial charge in [0.05, 0.1) is 25.2 Å². The van der Waals surface area contributed by atoms with Gasteiger partial charge >= 0.3 is 11.9 Å². The van der Waals surface area contributed by atoms with E-state index in [1.807, 2.05) is 0 Å². The van der Waals surface area contributed by atoms with Crippen molar-refractivity contribution in [1.82, 2.24) is 4.72 Å². The van der Waals surface area contributed by atoms with Gasteiger partial charge in [-0.05, 0) is 39.5 Å². The number of hydrogen-bond acceptors (Lipinski definition) is 8. The fourth-order valence-electron chi connectivity index (χ4n) is 3.07. The Morgan fingerprint density at radius 2 is 1.66 bits per heavy atom. The second kappa shape index (κ2) is 9.68. The molecule has 162 valence electrons. The minimum Gasteiger partial charge on any atom is -0.465 e. The predicted octanol–water partition coefficient (Wildman–Crippen LogP) is 2.15. The zero-order valence-corrected chi connectivity index (χ0v) is 18.4. The number of nitrogens with one attached hydrogen (secondary N) is 2.